The fraction of sp³-hybridized carbons (Fsp3) is 0.808. The van der Waals surface area contributed by atoms with Crippen molar-refractivity contribution in [2.75, 3.05) is 6.61 Å². The van der Waals surface area contributed by atoms with Crippen LogP contribution in [-0.2, 0) is 14.3 Å². The van der Waals surface area contributed by atoms with Gasteiger partial charge in [-0.1, -0.05) is 211 Å². The first-order chi connectivity index (χ1) is 28.5. The molecule has 0 bridgehead atoms. The number of esters is 1. The molecule has 0 aromatic carbocycles. The number of allylic oxidation sites excluding steroid dienone is 8. The molecule has 0 rings (SSSR count). The summed E-state index contributed by atoms with van der Waals surface area (Å²) < 4.78 is 5.90. The Labute approximate surface area is 359 Å². The van der Waals surface area contributed by atoms with Crippen molar-refractivity contribution < 1.29 is 24.5 Å². The highest BCUT2D eigenvalue weighted by Gasteiger charge is 2.24. The summed E-state index contributed by atoms with van der Waals surface area (Å²) in [6, 6.07) is -0.713. The van der Waals surface area contributed by atoms with Crippen LogP contribution in [-0.4, -0.2) is 46.9 Å². The lowest BCUT2D eigenvalue weighted by molar-refractivity contribution is -0.151. The van der Waals surface area contributed by atoms with Gasteiger partial charge in [0, 0.05) is 6.42 Å². The normalized spacial score (nSPS) is 13.7. The van der Waals surface area contributed by atoms with E-state index >= 15 is 0 Å². The fourth-order valence-electron chi connectivity index (χ4n) is 7.42. The van der Waals surface area contributed by atoms with Crippen LogP contribution < -0.4 is 5.32 Å². The maximum atomic E-state index is 13.2. The van der Waals surface area contributed by atoms with Crippen LogP contribution in [0.25, 0.3) is 0 Å². The average Bonchev–Trinajstić information content (AvgIpc) is 3.22. The van der Waals surface area contributed by atoms with Crippen molar-refractivity contribution in [3.63, 3.8) is 0 Å². The number of rotatable bonds is 44. The Hall–Kier alpha value is -2.18. The zero-order valence-electron chi connectivity index (χ0n) is 38.4. The van der Waals surface area contributed by atoms with Crippen LogP contribution in [0.2, 0.25) is 0 Å². The highest BCUT2D eigenvalue weighted by atomic mass is 16.5. The van der Waals surface area contributed by atoms with E-state index in [0.29, 0.717) is 19.3 Å². The molecule has 0 saturated carbocycles. The third-order valence-electron chi connectivity index (χ3n) is 11.2. The van der Waals surface area contributed by atoms with Crippen molar-refractivity contribution >= 4 is 11.9 Å². The minimum Gasteiger partial charge on any atom is -0.462 e. The third-order valence-corrected chi connectivity index (χ3v) is 11.2. The van der Waals surface area contributed by atoms with Crippen LogP contribution >= 0.6 is 0 Å². The Bertz CT molecular complexity index is 1000. The molecule has 0 aliphatic rings. The van der Waals surface area contributed by atoms with Gasteiger partial charge in [-0.05, 0) is 70.6 Å². The maximum Gasteiger partial charge on any atom is 0.306 e. The van der Waals surface area contributed by atoms with Gasteiger partial charge in [-0.3, -0.25) is 9.59 Å². The number of unbranched alkanes of at least 4 members (excludes halogenated alkanes) is 26. The standard InChI is InChI=1S/C52H95NO5/c1-4-7-10-13-16-19-22-24-25-26-27-30-33-36-39-42-45-52(57)58-48(43-40-37-34-31-28-21-18-15-12-9-6-3)46-51(56)53-49(47-54)50(55)44-41-38-35-32-29-23-20-17-14-11-8-5-2/h9,12,15,18,21,25-26,28,48-50,54-55H,4-8,10-11,13-14,16-17,19-20,22-24,27,29-47H2,1-3H3,(H,53,56)/b12-9+,18-15+,26-25+,28-21-. The van der Waals surface area contributed by atoms with Crippen LogP contribution in [0.1, 0.15) is 245 Å². The molecule has 1 amide bonds. The van der Waals surface area contributed by atoms with Gasteiger partial charge in [0.25, 0.3) is 0 Å². The zero-order chi connectivity index (χ0) is 42.4. The Kier molecular flexibility index (Phi) is 44.2. The van der Waals surface area contributed by atoms with Crippen LogP contribution in [0.15, 0.2) is 48.6 Å². The second-order valence-electron chi connectivity index (χ2n) is 16.9. The summed E-state index contributed by atoms with van der Waals surface area (Å²) >= 11 is 0. The summed E-state index contributed by atoms with van der Waals surface area (Å²) in [6.45, 7) is 6.33. The minimum atomic E-state index is -0.797. The molecule has 3 atom stereocenters. The molecule has 0 heterocycles. The molecule has 0 aromatic rings. The predicted molar refractivity (Wildman–Crippen MR) is 250 cm³/mol. The number of hydrogen-bond donors (Lipinski definition) is 3. The van der Waals surface area contributed by atoms with Crippen molar-refractivity contribution in [3.8, 4) is 0 Å². The van der Waals surface area contributed by atoms with Gasteiger partial charge in [0.1, 0.15) is 6.10 Å². The summed E-state index contributed by atoms with van der Waals surface area (Å²) in [5, 5.41) is 23.7. The number of aliphatic hydroxyl groups excluding tert-OH is 2. The van der Waals surface area contributed by atoms with Gasteiger partial charge in [-0.2, -0.15) is 0 Å². The quantitative estimate of drug-likeness (QED) is 0.0246. The lowest BCUT2D eigenvalue weighted by Gasteiger charge is -2.24. The molecular weight excluding hydrogens is 719 g/mol. The van der Waals surface area contributed by atoms with Gasteiger partial charge >= 0.3 is 5.97 Å². The average molecular weight is 814 g/mol. The molecule has 58 heavy (non-hydrogen) atoms. The highest BCUT2D eigenvalue weighted by molar-refractivity contribution is 5.77. The van der Waals surface area contributed by atoms with Crippen molar-refractivity contribution in [1.29, 1.82) is 0 Å². The molecule has 0 aliphatic heterocycles. The van der Waals surface area contributed by atoms with Crippen LogP contribution in [0.3, 0.4) is 0 Å². The Morgan fingerprint density at radius 1 is 0.517 bits per heavy atom. The first-order valence-corrected chi connectivity index (χ1v) is 24.9. The molecular formula is C52H95NO5. The molecule has 0 fully saturated rings. The zero-order valence-corrected chi connectivity index (χ0v) is 38.4. The topological polar surface area (TPSA) is 95.9 Å². The summed E-state index contributed by atoms with van der Waals surface area (Å²) in [7, 11) is 0. The van der Waals surface area contributed by atoms with Gasteiger partial charge in [0.05, 0.1) is 25.2 Å². The van der Waals surface area contributed by atoms with E-state index in [-0.39, 0.29) is 24.9 Å². The van der Waals surface area contributed by atoms with E-state index in [1.54, 1.807) is 0 Å². The summed E-state index contributed by atoms with van der Waals surface area (Å²) in [4.78, 5) is 26.1. The van der Waals surface area contributed by atoms with E-state index in [1.165, 1.54) is 122 Å². The summed E-state index contributed by atoms with van der Waals surface area (Å²) in [6.07, 6.45) is 54.6. The predicted octanol–water partition coefficient (Wildman–Crippen LogP) is 14.7. The van der Waals surface area contributed by atoms with Crippen LogP contribution in [0.5, 0.6) is 0 Å². The Balaban J connectivity index is 4.58. The molecule has 0 aliphatic carbocycles. The largest absolute Gasteiger partial charge is 0.462 e. The molecule has 3 unspecified atom stereocenters. The molecule has 6 heteroatoms. The molecule has 3 N–H and O–H groups in total. The second kappa shape index (κ2) is 45.9. The van der Waals surface area contributed by atoms with Crippen LogP contribution in [0.4, 0.5) is 0 Å². The number of carbonyl (C=O) groups excluding carboxylic acids is 2. The smallest absolute Gasteiger partial charge is 0.306 e. The minimum absolute atomic E-state index is 0.0516. The van der Waals surface area contributed by atoms with Crippen molar-refractivity contribution in [3.05, 3.63) is 48.6 Å². The highest BCUT2D eigenvalue weighted by Crippen LogP contribution is 2.17. The number of carbonyl (C=O) groups is 2. The van der Waals surface area contributed by atoms with E-state index in [4.69, 9.17) is 4.74 Å². The number of aliphatic hydroxyl groups is 2. The van der Waals surface area contributed by atoms with E-state index in [1.807, 2.05) is 12.2 Å². The maximum absolute atomic E-state index is 13.2. The molecule has 6 nitrogen and oxygen atoms in total. The summed E-state index contributed by atoms with van der Waals surface area (Å²) in [5.74, 6) is -0.516. The fourth-order valence-corrected chi connectivity index (χ4v) is 7.42. The van der Waals surface area contributed by atoms with Crippen molar-refractivity contribution in [1.82, 2.24) is 5.32 Å². The van der Waals surface area contributed by atoms with Crippen molar-refractivity contribution in [2.45, 2.75) is 264 Å². The lowest BCUT2D eigenvalue weighted by Crippen LogP contribution is -2.46. The number of ether oxygens (including phenoxy) is 1. The van der Waals surface area contributed by atoms with E-state index in [9.17, 15) is 19.8 Å². The molecule has 0 saturated heterocycles. The second-order valence-corrected chi connectivity index (χ2v) is 16.9. The van der Waals surface area contributed by atoms with Gasteiger partial charge in [-0.15, -0.1) is 0 Å². The first kappa shape index (κ1) is 55.8. The van der Waals surface area contributed by atoms with E-state index in [0.717, 1.165) is 77.0 Å². The Morgan fingerprint density at radius 2 is 0.948 bits per heavy atom. The van der Waals surface area contributed by atoms with Gasteiger partial charge < -0.3 is 20.3 Å². The monoisotopic (exact) mass is 814 g/mol. The van der Waals surface area contributed by atoms with Crippen LogP contribution in [0, 0.1) is 0 Å². The Morgan fingerprint density at radius 3 is 1.47 bits per heavy atom. The molecule has 0 spiro atoms. The van der Waals surface area contributed by atoms with E-state index < -0.39 is 18.2 Å². The van der Waals surface area contributed by atoms with Gasteiger partial charge in [0.15, 0.2) is 0 Å². The molecule has 0 aromatic heterocycles. The van der Waals surface area contributed by atoms with Gasteiger partial charge in [0.2, 0.25) is 5.91 Å². The summed E-state index contributed by atoms with van der Waals surface area (Å²) in [5.41, 5.74) is 0. The molecule has 0 radical (unpaired) electrons. The SMILES string of the molecule is CC/C=C/C=C/C=C\CCCCCC(CC(=O)NC(CO)C(O)CCCCCCCCCCCCCC)OC(=O)CCCCCCC/C=C/CCCCCCCCC. The number of amides is 1. The first-order valence-electron chi connectivity index (χ1n) is 24.9. The van der Waals surface area contributed by atoms with Gasteiger partial charge in [-0.25, -0.2) is 0 Å². The van der Waals surface area contributed by atoms with Crippen molar-refractivity contribution in [2.24, 2.45) is 0 Å². The molecule has 338 valence electrons. The van der Waals surface area contributed by atoms with E-state index in [2.05, 4.69) is 62.5 Å². The lowest BCUT2D eigenvalue weighted by atomic mass is 10.0. The number of nitrogens with one attached hydrogen (secondary N) is 1. The number of hydrogen-bond acceptors (Lipinski definition) is 5. The third kappa shape index (κ3) is 40.6.